The highest BCUT2D eigenvalue weighted by molar-refractivity contribution is 7.92. The number of nitrogens with one attached hydrogen (secondary N) is 1. The molecule has 0 unspecified atom stereocenters. The number of ether oxygens (including phenoxy) is 2. The van der Waals surface area contributed by atoms with Crippen molar-refractivity contribution in [2.75, 3.05) is 18.9 Å². The third-order valence-electron chi connectivity index (χ3n) is 3.27. The summed E-state index contributed by atoms with van der Waals surface area (Å²) in [5, 5.41) is 8.91. The van der Waals surface area contributed by atoms with Crippen molar-refractivity contribution >= 4 is 21.7 Å². The Morgan fingerprint density at radius 3 is 2.04 bits per heavy atom. The number of carbonyl (C=O) groups is 1. The fraction of sp³-hybridized carbons (Fsp3) is 0.133. The zero-order valence-corrected chi connectivity index (χ0v) is 14.2. The van der Waals surface area contributed by atoms with Gasteiger partial charge in [0.2, 0.25) is 5.82 Å². The predicted molar refractivity (Wildman–Crippen MR) is 83.6 cm³/mol. The lowest BCUT2D eigenvalue weighted by Gasteiger charge is -2.15. The molecule has 2 aromatic carbocycles. The minimum atomic E-state index is -4.60. The zero-order valence-electron chi connectivity index (χ0n) is 13.3. The molecule has 0 amide bonds. The maximum Gasteiger partial charge on any atom is 0.335 e. The van der Waals surface area contributed by atoms with Gasteiger partial charge in [0.15, 0.2) is 23.1 Å². The number of rotatable bonds is 6. The molecule has 26 heavy (non-hydrogen) atoms. The highest BCUT2D eigenvalue weighted by Gasteiger charge is 2.30. The average molecular weight is 391 g/mol. The van der Waals surface area contributed by atoms with Gasteiger partial charge in [-0.25, -0.2) is 22.0 Å². The van der Waals surface area contributed by atoms with Crippen molar-refractivity contribution in [1.82, 2.24) is 0 Å². The van der Waals surface area contributed by atoms with Gasteiger partial charge in [-0.1, -0.05) is 6.07 Å². The maximum atomic E-state index is 14.3. The molecule has 0 spiro atoms. The second-order valence-electron chi connectivity index (χ2n) is 4.82. The van der Waals surface area contributed by atoms with Crippen LogP contribution >= 0.6 is 0 Å². The molecule has 0 saturated carbocycles. The van der Waals surface area contributed by atoms with E-state index < -0.39 is 55.5 Å². The summed E-state index contributed by atoms with van der Waals surface area (Å²) in [4.78, 5) is 10.4. The van der Waals surface area contributed by atoms with E-state index in [0.29, 0.717) is 0 Å². The topological polar surface area (TPSA) is 102 Å². The molecule has 0 atom stereocenters. The Hall–Kier alpha value is -2.95. The molecule has 11 heteroatoms. The number of hydrogen-bond acceptors (Lipinski definition) is 5. The lowest BCUT2D eigenvalue weighted by molar-refractivity contribution is 0.0696. The Kier molecular flexibility index (Phi) is 5.30. The minimum absolute atomic E-state index is 0.358. The van der Waals surface area contributed by atoms with Crippen LogP contribution < -0.4 is 14.2 Å². The summed E-state index contributed by atoms with van der Waals surface area (Å²) < 4.78 is 77.7. The summed E-state index contributed by atoms with van der Waals surface area (Å²) in [5.74, 6) is -8.27. The largest absolute Gasteiger partial charge is 0.491 e. The van der Waals surface area contributed by atoms with Crippen molar-refractivity contribution < 1.29 is 41.0 Å². The molecular weight excluding hydrogens is 379 g/mol. The third-order valence-corrected chi connectivity index (χ3v) is 4.62. The number of sulfonamides is 1. The molecule has 0 bridgehead atoms. The van der Waals surface area contributed by atoms with E-state index in [9.17, 15) is 26.4 Å². The van der Waals surface area contributed by atoms with Gasteiger partial charge < -0.3 is 14.6 Å². The van der Waals surface area contributed by atoms with Gasteiger partial charge in [-0.3, -0.25) is 4.72 Å². The van der Waals surface area contributed by atoms with E-state index in [1.165, 1.54) is 0 Å². The normalized spacial score (nSPS) is 11.1. The summed E-state index contributed by atoms with van der Waals surface area (Å²) in [6, 6.07) is 4.07. The van der Waals surface area contributed by atoms with Gasteiger partial charge in [0, 0.05) is 0 Å². The van der Waals surface area contributed by atoms with Crippen molar-refractivity contribution in [3.63, 3.8) is 0 Å². The van der Waals surface area contributed by atoms with Gasteiger partial charge in [0.25, 0.3) is 10.0 Å². The summed E-state index contributed by atoms with van der Waals surface area (Å²) in [6.07, 6.45) is 0. The highest BCUT2D eigenvalue weighted by Crippen LogP contribution is 2.39. The van der Waals surface area contributed by atoms with Gasteiger partial charge in [-0.05, 0) is 18.2 Å². The van der Waals surface area contributed by atoms with E-state index in [2.05, 4.69) is 9.47 Å². The van der Waals surface area contributed by atoms with Crippen molar-refractivity contribution in [2.24, 2.45) is 0 Å². The third kappa shape index (κ3) is 3.38. The lowest BCUT2D eigenvalue weighted by Crippen LogP contribution is -2.17. The first-order valence-corrected chi connectivity index (χ1v) is 8.27. The molecule has 0 saturated heterocycles. The van der Waals surface area contributed by atoms with Gasteiger partial charge in [-0.2, -0.15) is 4.39 Å². The van der Waals surface area contributed by atoms with Gasteiger partial charge >= 0.3 is 5.97 Å². The van der Waals surface area contributed by atoms with Crippen LogP contribution in [-0.2, 0) is 10.0 Å². The average Bonchev–Trinajstić information content (AvgIpc) is 2.59. The van der Waals surface area contributed by atoms with Crippen LogP contribution in [0.5, 0.6) is 11.5 Å². The van der Waals surface area contributed by atoms with Crippen molar-refractivity contribution in [2.45, 2.75) is 4.90 Å². The fourth-order valence-corrected chi connectivity index (χ4v) is 3.16. The molecule has 0 aliphatic heterocycles. The minimum Gasteiger partial charge on any atom is -0.491 e. The number of hydrogen-bond donors (Lipinski definition) is 2. The van der Waals surface area contributed by atoms with Crippen molar-refractivity contribution in [3.05, 3.63) is 47.3 Å². The molecule has 2 rings (SSSR count). The first-order valence-electron chi connectivity index (χ1n) is 6.78. The van der Waals surface area contributed by atoms with E-state index in [-0.39, 0.29) is 5.56 Å². The molecule has 7 nitrogen and oxygen atoms in total. The monoisotopic (exact) mass is 391 g/mol. The summed E-state index contributed by atoms with van der Waals surface area (Å²) in [7, 11) is -2.81. The molecular formula is C15H12F3NO6S. The van der Waals surface area contributed by atoms with E-state index in [0.717, 1.165) is 38.5 Å². The molecule has 2 N–H and O–H groups in total. The van der Waals surface area contributed by atoms with E-state index in [1.54, 1.807) is 4.72 Å². The number of benzene rings is 2. The van der Waals surface area contributed by atoms with E-state index in [4.69, 9.17) is 5.11 Å². The Balaban J connectivity index is 2.60. The van der Waals surface area contributed by atoms with Crippen LogP contribution in [0.4, 0.5) is 18.9 Å². The molecule has 0 radical (unpaired) electrons. The second kappa shape index (κ2) is 7.12. The van der Waals surface area contributed by atoms with Gasteiger partial charge in [0.1, 0.15) is 5.69 Å². The molecule has 0 aromatic heterocycles. The second-order valence-corrected chi connectivity index (χ2v) is 6.50. The molecule has 0 fully saturated rings. The Bertz CT molecular complexity index is 947. The van der Waals surface area contributed by atoms with E-state index >= 15 is 0 Å². The summed E-state index contributed by atoms with van der Waals surface area (Å²) in [6.45, 7) is 0. The lowest BCUT2D eigenvalue weighted by atomic mass is 10.2. The smallest absolute Gasteiger partial charge is 0.335 e. The SMILES string of the molecule is COc1c(F)c(NS(=O)(=O)c2cccc(C(=O)O)c2)c(F)c(OC)c1F. The van der Waals surface area contributed by atoms with Crippen molar-refractivity contribution in [1.29, 1.82) is 0 Å². The molecule has 2 aromatic rings. The summed E-state index contributed by atoms with van der Waals surface area (Å²) in [5.41, 5.74) is -1.59. The molecule has 0 heterocycles. The van der Waals surface area contributed by atoms with Crippen LogP contribution in [0.2, 0.25) is 0 Å². The summed E-state index contributed by atoms with van der Waals surface area (Å²) >= 11 is 0. The number of carboxylic acid groups (broad SMARTS) is 1. The number of aromatic carboxylic acids is 1. The quantitative estimate of drug-likeness (QED) is 0.785. The van der Waals surface area contributed by atoms with E-state index in [1.807, 2.05) is 0 Å². The Labute approximate surface area is 146 Å². The van der Waals surface area contributed by atoms with Gasteiger partial charge in [0.05, 0.1) is 24.7 Å². The number of carboxylic acids is 1. The highest BCUT2D eigenvalue weighted by atomic mass is 32.2. The molecule has 0 aliphatic carbocycles. The standard InChI is InChI=1S/C15H12F3NO6S/c1-24-13-9(16)12(10(17)14(25-2)11(13)18)19-26(22,23)8-5-3-4-7(6-8)15(20)21/h3-6,19H,1-2H3,(H,20,21). The van der Waals surface area contributed by atoms with Crippen LogP contribution in [-0.4, -0.2) is 33.7 Å². The molecule has 0 aliphatic rings. The van der Waals surface area contributed by atoms with Crippen LogP contribution in [0.1, 0.15) is 10.4 Å². The van der Waals surface area contributed by atoms with Crippen molar-refractivity contribution in [3.8, 4) is 11.5 Å². The first-order chi connectivity index (χ1) is 12.1. The fourth-order valence-electron chi connectivity index (χ4n) is 2.06. The first kappa shape index (κ1) is 19.4. The number of halogens is 3. The predicted octanol–water partition coefficient (Wildman–Crippen LogP) is 2.62. The van der Waals surface area contributed by atoms with Crippen LogP contribution in [0, 0.1) is 17.5 Å². The van der Waals surface area contributed by atoms with Gasteiger partial charge in [-0.15, -0.1) is 0 Å². The zero-order chi connectivity index (χ0) is 19.6. The Morgan fingerprint density at radius 1 is 1.04 bits per heavy atom. The number of anilines is 1. The maximum absolute atomic E-state index is 14.3. The molecule has 140 valence electrons. The van der Waals surface area contributed by atoms with Crippen LogP contribution in [0.3, 0.4) is 0 Å². The number of methoxy groups -OCH3 is 2. The van der Waals surface area contributed by atoms with Crippen LogP contribution in [0.25, 0.3) is 0 Å². The van der Waals surface area contributed by atoms with Crippen LogP contribution in [0.15, 0.2) is 29.2 Å². The Morgan fingerprint density at radius 2 is 1.58 bits per heavy atom.